The van der Waals surface area contributed by atoms with E-state index in [2.05, 4.69) is 133 Å². The van der Waals surface area contributed by atoms with Crippen LogP contribution in [0.1, 0.15) is 0 Å². The summed E-state index contributed by atoms with van der Waals surface area (Å²) >= 11 is 0. The summed E-state index contributed by atoms with van der Waals surface area (Å²) < 4.78 is 13.0. The van der Waals surface area contributed by atoms with Crippen LogP contribution in [0.5, 0.6) is 0 Å². The van der Waals surface area contributed by atoms with E-state index in [1.807, 2.05) is 48.5 Å². The zero-order valence-corrected chi connectivity index (χ0v) is 30.9. The van der Waals surface area contributed by atoms with Crippen LogP contribution in [0.2, 0.25) is 0 Å². The van der Waals surface area contributed by atoms with Crippen molar-refractivity contribution in [2.75, 3.05) is 0 Å². The van der Waals surface area contributed by atoms with E-state index < -0.39 is 0 Å². The molecule has 9 aromatic carbocycles. The molecular weight excluding hydrogens is 713 g/mol. The second-order valence-electron chi connectivity index (χ2n) is 14.6. The lowest BCUT2D eigenvalue weighted by molar-refractivity contribution is 0.622. The number of oxazole rings is 1. The lowest BCUT2D eigenvalue weighted by Gasteiger charge is -2.12. The van der Waals surface area contributed by atoms with Crippen LogP contribution in [-0.4, -0.2) is 19.9 Å². The number of rotatable bonds is 5. The van der Waals surface area contributed by atoms with Gasteiger partial charge in [0.1, 0.15) is 16.7 Å². The summed E-state index contributed by atoms with van der Waals surface area (Å²) in [6.45, 7) is 0. The summed E-state index contributed by atoms with van der Waals surface area (Å²) in [5.74, 6) is 2.35. The average Bonchev–Trinajstić information content (AvgIpc) is 3.91. The van der Waals surface area contributed by atoms with Gasteiger partial charge in [0.05, 0.1) is 5.39 Å². The molecule has 12 rings (SSSR count). The van der Waals surface area contributed by atoms with Crippen molar-refractivity contribution in [3.8, 4) is 56.7 Å². The van der Waals surface area contributed by atoms with Gasteiger partial charge in [-0.1, -0.05) is 133 Å². The van der Waals surface area contributed by atoms with Crippen molar-refractivity contribution in [3.05, 3.63) is 182 Å². The van der Waals surface area contributed by atoms with Gasteiger partial charge in [0.25, 0.3) is 0 Å². The lowest BCUT2D eigenvalue weighted by Crippen LogP contribution is -2.00. The van der Waals surface area contributed by atoms with Crippen molar-refractivity contribution < 1.29 is 8.83 Å². The van der Waals surface area contributed by atoms with Crippen molar-refractivity contribution in [3.63, 3.8) is 0 Å². The molecule has 270 valence electrons. The highest BCUT2D eigenvalue weighted by Gasteiger charge is 2.20. The molecule has 0 saturated carbocycles. The summed E-state index contributed by atoms with van der Waals surface area (Å²) in [6, 6.07) is 62.5. The second-order valence-corrected chi connectivity index (χ2v) is 14.6. The number of fused-ring (bicyclic) bond motifs is 9. The maximum Gasteiger partial charge on any atom is 0.227 e. The topological polar surface area (TPSA) is 77.8 Å². The predicted molar refractivity (Wildman–Crippen MR) is 234 cm³/mol. The van der Waals surface area contributed by atoms with Crippen molar-refractivity contribution in [2.45, 2.75) is 0 Å². The van der Waals surface area contributed by atoms with Crippen LogP contribution in [0.15, 0.2) is 191 Å². The van der Waals surface area contributed by atoms with Crippen molar-refractivity contribution in [2.24, 2.45) is 0 Å². The first kappa shape index (κ1) is 32.3. The lowest BCUT2D eigenvalue weighted by atomic mass is 9.97. The predicted octanol–water partition coefficient (Wildman–Crippen LogP) is 13.7. The van der Waals surface area contributed by atoms with Gasteiger partial charge in [-0.25, -0.2) is 19.9 Å². The van der Waals surface area contributed by atoms with Crippen LogP contribution in [-0.2, 0) is 0 Å². The smallest absolute Gasteiger partial charge is 0.227 e. The molecule has 0 amide bonds. The summed E-state index contributed by atoms with van der Waals surface area (Å²) in [7, 11) is 0. The molecule has 0 N–H and O–H groups in total. The Morgan fingerprint density at radius 2 is 0.914 bits per heavy atom. The van der Waals surface area contributed by atoms with Crippen LogP contribution in [0.3, 0.4) is 0 Å². The molecule has 0 radical (unpaired) electrons. The van der Waals surface area contributed by atoms with Crippen molar-refractivity contribution in [1.82, 2.24) is 19.9 Å². The van der Waals surface area contributed by atoms with E-state index in [0.29, 0.717) is 28.9 Å². The molecule has 0 fully saturated rings. The van der Waals surface area contributed by atoms with Crippen LogP contribution < -0.4 is 0 Å². The minimum Gasteiger partial charge on any atom is -0.456 e. The summed E-state index contributed by atoms with van der Waals surface area (Å²) in [5.41, 5.74) is 8.83. The number of aromatic nitrogens is 4. The third kappa shape index (κ3) is 5.27. The van der Waals surface area contributed by atoms with E-state index in [1.54, 1.807) is 0 Å². The van der Waals surface area contributed by atoms with Gasteiger partial charge in [0, 0.05) is 27.6 Å². The van der Waals surface area contributed by atoms with Gasteiger partial charge in [-0.2, -0.15) is 0 Å². The van der Waals surface area contributed by atoms with Gasteiger partial charge in [-0.3, -0.25) is 0 Å². The fourth-order valence-electron chi connectivity index (χ4n) is 8.29. The van der Waals surface area contributed by atoms with Crippen molar-refractivity contribution >= 4 is 65.4 Å². The van der Waals surface area contributed by atoms with Crippen LogP contribution in [0.25, 0.3) is 122 Å². The molecule has 0 unspecified atom stereocenters. The molecule has 0 saturated heterocycles. The first-order valence-electron chi connectivity index (χ1n) is 19.3. The Morgan fingerprint density at radius 3 is 1.76 bits per heavy atom. The number of nitrogens with zero attached hydrogens (tertiary/aromatic N) is 4. The van der Waals surface area contributed by atoms with Crippen LogP contribution in [0, 0.1) is 0 Å². The Morgan fingerprint density at radius 1 is 0.328 bits per heavy atom. The molecule has 12 aromatic rings. The highest BCUT2D eigenvalue weighted by molar-refractivity contribution is 6.25. The van der Waals surface area contributed by atoms with E-state index in [4.69, 9.17) is 28.8 Å². The van der Waals surface area contributed by atoms with E-state index >= 15 is 0 Å². The molecule has 0 spiro atoms. The minimum absolute atomic E-state index is 0.571. The standard InChI is InChI=1S/C52H30N4O2/c1-2-12-34(13-3-1)52-53-43-25-27-45-47(48(43)58-52)46-42-30-39(23-21-33(42)24-26-44(46)57-45)51-55-49(54-50(56-51)38-22-20-31-10-4-5-14-35(31)28-38)37-17-8-16-36(29-37)41-19-9-15-32-11-6-7-18-40(32)41/h1-30H. The summed E-state index contributed by atoms with van der Waals surface area (Å²) in [5, 5.41) is 8.59. The highest BCUT2D eigenvalue weighted by atomic mass is 16.4. The number of benzene rings is 9. The Hall–Kier alpha value is -7.96. The Labute approximate surface area is 331 Å². The Balaban J connectivity index is 1.07. The molecule has 58 heavy (non-hydrogen) atoms. The van der Waals surface area contributed by atoms with Gasteiger partial charge in [0.2, 0.25) is 5.89 Å². The molecular formula is C52H30N4O2. The second kappa shape index (κ2) is 12.8. The molecule has 0 aliphatic rings. The molecule has 6 nitrogen and oxygen atoms in total. The van der Waals surface area contributed by atoms with Gasteiger partial charge in [0.15, 0.2) is 23.1 Å². The molecule has 0 atom stereocenters. The summed E-state index contributed by atoms with van der Waals surface area (Å²) in [4.78, 5) is 20.4. The summed E-state index contributed by atoms with van der Waals surface area (Å²) in [6.07, 6.45) is 0. The molecule has 6 heteroatoms. The normalized spacial score (nSPS) is 11.8. The van der Waals surface area contributed by atoms with E-state index in [9.17, 15) is 0 Å². The first-order valence-corrected chi connectivity index (χ1v) is 19.3. The fourth-order valence-corrected chi connectivity index (χ4v) is 8.29. The molecule has 0 aliphatic carbocycles. The quantitative estimate of drug-likeness (QED) is 0.175. The van der Waals surface area contributed by atoms with Crippen LogP contribution in [0.4, 0.5) is 0 Å². The third-order valence-electron chi connectivity index (χ3n) is 11.1. The zero-order valence-electron chi connectivity index (χ0n) is 30.9. The van der Waals surface area contributed by atoms with E-state index in [0.717, 1.165) is 82.4 Å². The van der Waals surface area contributed by atoms with Gasteiger partial charge < -0.3 is 8.83 Å². The van der Waals surface area contributed by atoms with Crippen molar-refractivity contribution in [1.29, 1.82) is 0 Å². The van der Waals surface area contributed by atoms with E-state index in [-0.39, 0.29) is 0 Å². The molecule has 3 aromatic heterocycles. The monoisotopic (exact) mass is 742 g/mol. The van der Waals surface area contributed by atoms with Gasteiger partial charge in [-0.05, 0) is 92.0 Å². The molecule has 0 aliphatic heterocycles. The third-order valence-corrected chi connectivity index (χ3v) is 11.1. The number of hydrogen-bond donors (Lipinski definition) is 0. The van der Waals surface area contributed by atoms with Gasteiger partial charge in [-0.15, -0.1) is 0 Å². The maximum absolute atomic E-state index is 6.52. The first-order chi connectivity index (χ1) is 28.7. The van der Waals surface area contributed by atoms with E-state index in [1.165, 1.54) is 10.8 Å². The minimum atomic E-state index is 0.571. The number of furan rings is 1. The number of hydrogen-bond acceptors (Lipinski definition) is 6. The zero-order chi connectivity index (χ0) is 38.2. The Kier molecular flexibility index (Phi) is 7.13. The average molecular weight is 743 g/mol. The highest BCUT2D eigenvalue weighted by Crippen LogP contribution is 2.41. The fraction of sp³-hybridized carbons (Fsp3) is 0. The van der Waals surface area contributed by atoms with Crippen LogP contribution >= 0.6 is 0 Å². The maximum atomic E-state index is 6.52. The molecule has 0 bridgehead atoms. The largest absolute Gasteiger partial charge is 0.456 e. The Bertz CT molecular complexity index is 3580. The van der Waals surface area contributed by atoms with Gasteiger partial charge >= 0.3 is 0 Å². The SMILES string of the molecule is c1ccc(-c2nc3ccc4oc5ccc6ccc(-c7nc(-c8cccc(-c9cccc%10ccccc9%10)c8)nc(-c8ccc9ccccc9c8)n7)cc6c5c4c3o2)cc1. The molecule has 3 heterocycles.